The number of phenolic OH excluding ortho intramolecular Hbond substituents is 1. The summed E-state index contributed by atoms with van der Waals surface area (Å²) in [7, 11) is 0. The first-order chi connectivity index (χ1) is 22.6. The molecule has 2 atom stereocenters. The predicted molar refractivity (Wildman–Crippen MR) is 183 cm³/mol. The first-order valence-electron chi connectivity index (χ1n) is 17.1. The summed E-state index contributed by atoms with van der Waals surface area (Å²) in [5, 5.41) is 13.8. The highest BCUT2D eigenvalue weighted by atomic mass is 16.5. The summed E-state index contributed by atoms with van der Waals surface area (Å²) in [6.45, 7) is 5.89. The number of anilines is 1. The molecule has 4 aliphatic heterocycles. The Morgan fingerprint density at radius 2 is 1.57 bits per heavy atom. The van der Waals surface area contributed by atoms with Crippen LogP contribution in [-0.4, -0.2) is 75.3 Å². The van der Waals surface area contributed by atoms with Crippen molar-refractivity contribution in [2.24, 2.45) is 0 Å². The SMILES string of the molecule is Oc1cc(-c2ccc3c(N4CC5CCC(C4)N5Cc4ccccc4)nc(OCC45CCCN4CCC5)nc3c2)c2ccccc2c1. The zero-order valence-corrected chi connectivity index (χ0v) is 26.3. The predicted octanol–water partition coefficient (Wildman–Crippen LogP) is 7.02. The van der Waals surface area contributed by atoms with Crippen molar-refractivity contribution >= 4 is 27.5 Å². The fourth-order valence-corrected chi connectivity index (χ4v) is 8.97. The average Bonchev–Trinajstić information content (AvgIpc) is 3.73. The van der Waals surface area contributed by atoms with Crippen LogP contribution < -0.4 is 9.64 Å². The molecule has 5 heterocycles. The van der Waals surface area contributed by atoms with Crippen molar-refractivity contribution in [3.63, 3.8) is 0 Å². The van der Waals surface area contributed by atoms with Gasteiger partial charge in [0, 0.05) is 37.1 Å². The Hall–Kier alpha value is -4.20. The van der Waals surface area contributed by atoms with E-state index in [0.717, 1.165) is 58.3 Å². The minimum Gasteiger partial charge on any atom is -0.508 e. The van der Waals surface area contributed by atoms with Gasteiger partial charge in [-0.1, -0.05) is 60.7 Å². The molecular weight excluding hydrogens is 570 g/mol. The minimum absolute atomic E-state index is 0.128. The maximum Gasteiger partial charge on any atom is 0.319 e. The Bertz CT molecular complexity index is 1890. The lowest BCUT2D eigenvalue weighted by atomic mass is 9.95. The van der Waals surface area contributed by atoms with Gasteiger partial charge in [0.1, 0.15) is 18.2 Å². The van der Waals surface area contributed by atoms with Gasteiger partial charge in [0.25, 0.3) is 0 Å². The van der Waals surface area contributed by atoms with E-state index in [9.17, 15) is 5.11 Å². The molecule has 0 radical (unpaired) electrons. The zero-order valence-electron chi connectivity index (χ0n) is 26.3. The minimum atomic E-state index is 0.128. The highest BCUT2D eigenvalue weighted by molar-refractivity contribution is 6.01. The van der Waals surface area contributed by atoms with Gasteiger partial charge < -0.3 is 14.7 Å². The highest BCUT2D eigenvalue weighted by Crippen LogP contribution is 2.41. The van der Waals surface area contributed by atoms with Crippen molar-refractivity contribution in [3.05, 3.63) is 90.5 Å². The molecule has 4 aromatic carbocycles. The molecule has 4 saturated heterocycles. The lowest BCUT2D eigenvalue weighted by Gasteiger charge is -2.42. The van der Waals surface area contributed by atoms with Gasteiger partial charge in [0.2, 0.25) is 0 Å². The van der Waals surface area contributed by atoms with E-state index >= 15 is 0 Å². The van der Waals surface area contributed by atoms with E-state index in [1.54, 1.807) is 0 Å². The fraction of sp³-hybridized carbons (Fsp3) is 0.385. The normalized spacial score (nSPS) is 22.6. The quantitative estimate of drug-likeness (QED) is 0.212. The van der Waals surface area contributed by atoms with Crippen molar-refractivity contribution in [3.8, 4) is 22.9 Å². The van der Waals surface area contributed by atoms with Crippen molar-refractivity contribution < 1.29 is 9.84 Å². The topological polar surface area (TPSA) is 65.0 Å². The monoisotopic (exact) mass is 611 g/mol. The third kappa shape index (κ3) is 4.88. The molecule has 5 aromatic rings. The number of fused-ring (bicyclic) bond motifs is 5. The van der Waals surface area contributed by atoms with E-state index in [4.69, 9.17) is 14.7 Å². The second-order valence-electron chi connectivity index (χ2n) is 13.9. The second-order valence-corrected chi connectivity index (χ2v) is 13.9. The van der Waals surface area contributed by atoms with Crippen LogP contribution in [0.5, 0.6) is 11.8 Å². The van der Waals surface area contributed by atoms with Crippen molar-refractivity contribution in [1.29, 1.82) is 0 Å². The van der Waals surface area contributed by atoms with Crippen LogP contribution in [0, 0.1) is 0 Å². The number of nitrogens with zero attached hydrogens (tertiary/aromatic N) is 5. The summed E-state index contributed by atoms with van der Waals surface area (Å²) < 4.78 is 6.60. The van der Waals surface area contributed by atoms with Crippen LogP contribution in [0.2, 0.25) is 0 Å². The standard InChI is InChI=1S/C39H41N5O2/c45-32-20-28-10-4-5-11-33(28)35(22-32)29-12-15-34-36(21-29)40-38(46-26-39-16-6-18-43(39)19-7-17-39)41-37(34)42-24-30-13-14-31(25-42)44(30)23-27-8-2-1-3-9-27/h1-5,8-12,15,20-22,30-31,45H,6-7,13-14,16-19,23-26H2. The van der Waals surface area contributed by atoms with Gasteiger partial charge in [-0.15, -0.1) is 0 Å². The molecule has 0 aliphatic carbocycles. The third-order valence-electron chi connectivity index (χ3n) is 11.2. The van der Waals surface area contributed by atoms with E-state index in [-0.39, 0.29) is 11.3 Å². The molecule has 4 fully saturated rings. The van der Waals surface area contributed by atoms with E-state index in [1.165, 1.54) is 57.2 Å². The molecule has 2 unspecified atom stereocenters. The Morgan fingerprint density at radius 3 is 2.37 bits per heavy atom. The van der Waals surface area contributed by atoms with Crippen LogP contribution in [0.25, 0.3) is 32.8 Å². The van der Waals surface area contributed by atoms with Crippen LogP contribution in [0.15, 0.2) is 84.9 Å². The Kier molecular flexibility index (Phi) is 6.86. The number of hydrogen-bond acceptors (Lipinski definition) is 7. The van der Waals surface area contributed by atoms with Crippen molar-refractivity contribution in [2.45, 2.75) is 62.7 Å². The maximum atomic E-state index is 10.6. The Morgan fingerprint density at radius 1 is 0.804 bits per heavy atom. The third-order valence-corrected chi connectivity index (χ3v) is 11.2. The van der Waals surface area contributed by atoms with Crippen LogP contribution in [0.1, 0.15) is 44.1 Å². The Balaban J connectivity index is 1.09. The first-order valence-corrected chi connectivity index (χ1v) is 17.1. The summed E-state index contributed by atoms with van der Waals surface area (Å²) in [5.74, 6) is 1.25. The molecule has 1 aromatic heterocycles. The molecule has 0 saturated carbocycles. The summed E-state index contributed by atoms with van der Waals surface area (Å²) in [5.41, 5.74) is 4.42. The fourth-order valence-electron chi connectivity index (χ4n) is 8.97. The molecule has 0 spiro atoms. The van der Waals surface area contributed by atoms with Crippen LogP contribution in [-0.2, 0) is 6.54 Å². The van der Waals surface area contributed by atoms with Gasteiger partial charge in [-0.25, -0.2) is 0 Å². The van der Waals surface area contributed by atoms with E-state index < -0.39 is 0 Å². The van der Waals surface area contributed by atoms with Crippen LogP contribution >= 0.6 is 0 Å². The van der Waals surface area contributed by atoms with Crippen LogP contribution in [0.4, 0.5) is 5.82 Å². The summed E-state index contributed by atoms with van der Waals surface area (Å²) >= 11 is 0. The van der Waals surface area contributed by atoms with Gasteiger partial charge in [0.05, 0.1) is 11.1 Å². The molecule has 0 amide bonds. The number of aromatic nitrogens is 2. The number of benzene rings is 4. The van der Waals surface area contributed by atoms with Crippen LogP contribution in [0.3, 0.4) is 0 Å². The summed E-state index contributed by atoms with van der Waals surface area (Å²) in [4.78, 5) is 18.1. The van der Waals surface area contributed by atoms with Gasteiger partial charge >= 0.3 is 6.01 Å². The molecule has 9 rings (SSSR count). The lowest BCUT2D eigenvalue weighted by molar-refractivity contribution is 0.107. The Labute approximate surface area is 270 Å². The van der Waals surface area contributed by atoms with E-state index in [2.05, 4.69) is 75.4 Å². The van der Waals surface area contributed by atoms with Gasteiger partial charge in [-0.05, 0) is 103 Å². The number of ether oxygens (including phenoxy) is 1. The molecule has 7 heteroatoms. The number of phenols is 1. The van der Waals surface area contributed by atoms with Crippen molar-refractivity contribution in [2.75, 3.05) is 37.7 Å². The summed E-state index contributed by atoms with van der Waals surface area (Å²) in [6.07, 6.45) is 7.29. The summed E-state index contributed by atoms with van der Waals surface area (Å²) in [6, 6.07) is 30.8. The number of rotatable bonds is 7. The number of aromatic hydroxyl groups is 1. The van der Waals surface area contributed by atoms with Gasteiger partial charge in [0.15, 0.2) is 0 Å². The molecule has 1 N–H and O–H groups in total. The molecule has 4 aliphatic rings. The molecule has 46 heavy (non-hydrogen) atoms. The smallest absolute Gasteiger partial charge is 0.319 e. The lowest BCUT2D eigenvalue weighted by Crippen LogP contribution is -2.53. The highest BCUT2D eigenvalue weighted by Gasteiger charge is 2.45. The van der Waals surface area contributed by atoms with Crippen molar-refractivity contribution in [1.82, 2.24) is 19.8 Å². The number of hydrogen-bond donors (Lipinski definition) is 1. The number of piperazine rings is 1. The second kappa shape index (κ2) is 11.2. The molecule has 234 valence electrons. The maximum absolute atomic E-state index is 10.6. The van der Waals surface area contributed by atoms with Gasteiger partial charge in [-0.2, -0.15) is 9.97 Å². The average molecular weight is 612 g/mol. The van der Waals surface area contributed by atoms with E-state index in [1.807, 2.05) is 24.3 Å². The van der Waals surface area contributed by atoms with E-state index in [0.29, 0.717) is 24.7 Å². The first kappa shape index (κ1) is 28.1. The molecular formula is C39H41N5O2. The molecule has 7 nitrogen and oxygen atoms in total. The van der Waals surface area contributed by atoms with Gasteiger partial charge in [-0.3, -0.25) is 9.80 Å². The largest absolute Gasteiger partial charge is 0.508 e. The molecule has 2 bridgehead atoms. The zero-order chi connectivity index (χ0) is 30.7.